The third-order valence-corrected chi connectivity index (χ3v) is 5.04. The predicted molar refractivity (Wildman–Crippen MR) is 102 cm³/mol. The van der Waals surface area contributed by atoms with Crippen LogP contribution in [0, 0.1) is 0 Å². The molecule has 0 rings (SSSR count). The van der Waals surface area contributed by atoms with Gasteiger partial charge in [0, 0.05) is 6.42 Å². The Kier molecular flexibility index (Phi) is 14.4. The Balaban J connectivity index is 3.35. The minimum Gasteiger partial charge on any atom is -0.544 e. The minimum atomic E-state index is -0.905. The topological polar surface area (TPSA) is 40.1 Å². The Bertz CT molecular complexity index is 297. The molecule has 0 aliphatic carbocycles. The van der Waals surface area contributed by atoms with E-state index in [0.29, 0.717) is 4.48 Å². The van der Waals surface area contributed by atoms with Gasteiger partial charge in [0.25, 0.3) is 0 Å². The molecule has 1 atom stereocenters. The second-order valence-corrected chi connectivity index (χ2v) is 8.34. The van der Waals surface area contributed by atoms with Gasteiger partial charge in [0.2, 0.25) is 0 Å². The Labute approximate surface area is 151 Å². The van der Waals surface area contributed by atoms with Gasteiger partial charge in [0.05, 0.1) is 27.1 Å². The summed E-state index contributed by atoms with van der Waals surface area (Å²) in [4.78, 5) is 11.2. The molecule has 24 heavy (non-hydrogen) atoms. The summed E-state index contributed by atoms with van der Waals surface area (Å²) in [5.74, 6) is -0.905. The van der Waals surface area contributed by atoms with Crippen molar-refractivity contribution in [1.82, 2.24) is 0 Å². The number of hydrogen-bond acceptors (Lipinski definition) is 2. The lowest BCUT2D eigenvalue weighted by atomic mass is 10.0. The van der Waals surface area contributed by atoms with E-state index in [2.05, 4.69) is 6.92 Å². The van der Waals surface area contributed by atoms with E-state index in [9.17, 15) is 9.90 Å². The molecule has 0 aromatic rings. The predicted octanol–water partition coefficient (Wildman–Crippen LogP) is 4.68. The maximum atomic E-state index is 11.2. The fourth-order valence-corrected chi connectivity index (χ4v) is 3.35. The largest absolute Gasteiger partial charge is 0.544 e. The highest BCUT2D eigenvalue weighted by molar-refractivity contribution is 5.69. The van der Waals surface area contributed by atoms with Gasteiger partial charge in [-0.05, 0) is 6.42 Å². The molecule has 0 bridgehead atoms. The van der Waals surface area contributed by atoms with Gasteiger partial charge in [0.15, 0.2) is 0 Å². The quantitative estimate of drug-likeness (QED) is 0.284. The lowest BCUT2D eigenvalue weighted by Gasteiger charge is -2.34. The van der Waals surface area contributed by atoms with Crippen molar-refractivity contribution in [3.63, 3.8) is 0 Å². The molecule has 0 saturated heterocycles. The van der Waals surface area contributed by atoms with E-state index >= 15 is 0 Å². The van der Waals surface area contributed by atoms with Gasteiger partial charge < -0.3 is 14.4 Å². The van der Waals surface area contributed by atoms with Crippen LogP contribution >= 0.6 is 0 Å². The van der Waals surface area contributed by atoms with E-state index in [4.69, 9.17) is 0 Å². The van der Waals surface area contributed by atoms with E-state index in [1.165, 1.54) is 77.0 Å². The number of aliphatic carboxylic acids is 1. The van der Waals surface area contributed by atoms with Crippen molar-refractivity contribution in [1.29, 1.82) is 0 Å². The average molecular weight is 342 g/mol. The summed E-state index contributed by atoms with van der Waals surface area (Å²) in [7, 11) is 5.80. The first-order valence-corrected chi connectivity index (χ1v) is 10.4. The number of carbonyl (C=O) groups is 1. The molecule has 0 fully saturated rings. The smallest absolute Gasteiger partial charge is 0.129 e. The van der Waals surface area contributed by atoms with Gasteiger partial charge in [-0.3, -0.25) is 0 Å². The number of hydrogen-bond donors (Lipinski definition) is 0. The van der Waals surface area contributed by atoms with Gasteiger partial charge in [-0.25, -0.2) is 0 Å². The SMILES string of the molecule is CCCCCCCCCCCCCCCCC(C(=O)[O-])[N+](C)(C)C. The number of nitrogens with zero attached hydrogens (tertiary/aromatic N) is 1. The van der Waals surface area contributed by atoms with Crippen LogP contribution in [0.1, 0.15) is 103 Å². The molecular formula is C21H43NO2. The number of carboxylic acids is 1. The minimum absolute atomic E-state index is 0.373. The van der Waals surface area contributed by atoms with Gasteiger partial charge in [-0.15, -0.1) is 0 Å². The molecule has 0 aromatic heterocycles. The summed E-state index contributed by atoms with van der Waals surface area (Å²) in [6.07, 6.45) is 19.4. The van der Waals surface area contributed by atoms with Gasteiger partial charge in [-0.1, -0.05) is 90.4 Å². The number of carbonyl (C=O) groups excluding carboxylic acids is 1. The monoisotopic (exact) mass is 341 g/mol. The number of carboxylic acid groups (broad SMARTS) is 1. The first-order chi connectivity index (χ1) is 11.4. The summed E-state index contributed by atoms with van der Waals surface area (Å²) in [6, 6.07) is -0.373. The van der Waals surface area contributed by atoms with Gasteiger partial charge in [0.1, 0.15) is 6.04 Å². The molecule has 1 unspecified atom stereocenters. The second-order valence-electron chi connectivity index (χ2n) is 8.34. The van der Waals surface area contributed by atoms with Crippen molar-refractivity contribution >= 4 is 5.97 Å². The van der Waals surface area contributed by atoms with Crippen molar-refractivity contribution in [2.75, 3.05) is 21.1 Å². The molecule has 0 saturated carbocycles. The molecule has 0 spiro atoms. The Morgan fingerprint density at radius 2 is 1.04 bits per heavy atom. The Morgan fingerprint density at radius 1 is 0.708 bits per heavy atom. The zero-order chi connectivity index (χ0) is 18.3. The summed E-state index contributed by atoms with van der Waals surface area (Å²) in [6.45, 7) is 2.27. The van der Waals surface area contributed by atoms with Crippen LogP contribution in [-0.4, -0.2) is 37.6 Å². The molecule has 0 heterocycles. The first kappa shape index (κ1) is 23.4. The maximum absolute atomic E-state index is 11.2. The van der Waals surface area contributed by atoms with Crippen LogP contribution in [0.2, 0.25) is 0 Å². The molecule has 144 valence electrons. The van der Waals surface area contributed by atoms with Crippen molar-refractivity contribution < 1.29 is 14.4 Å². The van der Waals surface area contributed by atoms with Crippen LogP contribution in [0.4, 0.5) is 0 Å². The third kappa shape index (κ3) is 13.8. The van der Waals surface area contributed by atoms with Crippen LogP contribution < -0.4 is 5.11 Å². The second kappa shape index (κ2) is 14.7. The van der Waals surface area contributed by atoms with E-state index in [-0.39, 0.29) is 6.04 Å². The molecule has 0 radical (unpaired) electrons. The number of unbranched alkanes of at least 4 members (excludes halogenated alkanes) is 13. The van der Waals surface area contributed by atoms with E-state index in [1.54, 1.807) is 0 Å². The molecular weight excluding hydrogens is 298 g/mol. The van der Waals surface area contributed by atoms with Gasteiger partial charge in [-0.2, -0.15) is 0 Å². The number of likely N-dealkylation sites (N-methyl/N-ethyl adjacent to an activating group) is 1. The van der Waals surface area contributed by atoms with E-state index in [1.807, 2.05) is 21.1 Å². The van der Waals surface area contributed by atoms with Gasteiger partial charge >= 0.3 is 0 Å². The zero-order valence-corrected chi connectivity index (χ0v) is 16.9. The normalized spacial score (nSPS) is 13.2. The van der Waals surface area contributed by atoms with Crippen LogP contribution in [0.3, 0.4) is 0 Å². The van der Waals surface area contributed by atoms with Crippen LogP contribution in [0.15, 0.2) is 0 Å². The van der Waals surface area contributed by atoms with Crippen LogP contribution in [0.5, 0.6) is 0 Å². The summed E-state index contributed by atoms with van der Waals surface area (Å²) in [5.41, 5.74) is 0. The van der Waals surface area contributed by atoms with Crippen molar-refractivity contribution in [3.8, 4) is 0 Å². The summed E-state index contributed by atoms with van der Waals surface area (Å²) >= 11 is 0. The van der Waals surface area contributed by atoms with Crippen molar-refractivity contribution in [3.05, 3.63) is 0 Å². The lowest BCUT2D eigenvalue weighted by Crippen LogP contribution is -2.54. The molecule has 0 aromatic carbocycles. The summed E-state index contributed by atoms with van der Waals surface area (Å²) in [5, 5.41) is 11.2. The zero-order valence-electron chi connectivity index (χ0n) is 16.9. The highest BCUT2D eigenvalue weighted by atomic mass is 16.4. The Morgan fingerprint density at radius 3 is 1.33 bits per heavy atom. The molecule has 3 nitrogen and oxygen atoms in total. The fraction of sp³-hybridized carbons (Fsp3) is 0.952. The highest BCUT2D eigenvalue weighted by Crippen LogP contribution is 2.15. The molecule has 0 amide bonds. The first-order valence-electron chi connectivity index (χ1n) is 10.4. The molecule has 3 heteroatoms. The fourth-order valence-electron chi connectivity index (χ4n) is 3.35. The number of rotatable bonds is 17. The highest BCUT2D eigenvalue weighted by Gasteiger charge is 2.24. The summed E-state index contributed by atoms with van der Waals surface area (Å²) < 4.78 is 0.459. The lowest BCUT2D eigenvalue weighted by molar-refractivity contribution is -0.889. The van der Waals surface area contributed by atoms with Crippen LogP contribution in [0.25, 0.3) is 0 Å². The third-order valence-electron chi connectivity index (χ3n) is 5.04. The van der Waals surface area contributed by atoms with Crippen molar-refractivity contribution in [2.24, 2.45) is 0 Å². The van der Waals surface area contributed by atoms with E-state index < -0.39 is 5.97 Å². The molecule has 0 N–H and O–H groups in total. The molecule has 0 aliphatic rings. The molecule has 0 aliphatic heterocycles. The standard InChI is InChI=1S/C21H43NO2/c1-5-6-7-8-9-10-11-12-13-14-15-16-17-18-19-20(21(23)24)22(2,3)4/h20H,5-19H2,1-4H3. The number of quaternary nitrogens is 1. The van der Waals surface area contributed by atoms with E-state index in [0.717, 1.165) is 19.3 Å². The average Bonchev–Trinajstić information content (AvgIpc) is 2.49. The van der Waals surface area contributed by atoms with Crippen molar-refractivity contribution in [2.45, 2.75) is 109 Å². The van der Waals surface area contributed by atoms with Crippen LogP contribution in [-0.2, 0) is 4.79 Å². The Hall–Kier alpha value is -0.570. The maximum Gasteiger partial charge on any atom is 0.129 e.